The van der Waals surface area contributed by atoms with E-state index in [1.165, 1.54) is 44.1 Å². The Bertz CT molecular complexity index is 1380. The number of hydrogen-bond donors (Lipinski definition) is 2. The lowest BCUT2D eigenvalue weighted by Gasteiger charge is -2.57. The summed E-state index contributed by atoms with van der Waals surface area (Å²) < 4.78 is 11.6. The molecule has 4 aliphatic carbocycles. The number of ether oxygens (including phenoxy) is 2. The molecule has 4 fully saturated rings. The molecule has 4 aliphatic rings. The van der Waals surface area contributed by atoms with Gasteiger partial charge in [-0.15, -0.1) is 0 Å². The quantitative estimate of drug-likeness (QED) is 0.222. The highest BCUT2D eigenvalue weighted by molar-refractivity contribution is 5.92. The van der Waals surface area contributed by atoms with Gasteiger partial charge in [0.15, 0.2) is 18.1 Å². The molecule has 0 unspecified atom stereocenters. The molecule has 3 aromatic rings. The number of aromatic nitrogens is 2. The second kappa shape index (κ2) is 11.5. The van der Waals surface area contributed by atoms with Crippen molar-refractivity contribution >= 4 is 23.8 Å². The molecular formula is C33H39N5O3. The van der Waals surface area contributed by atoms with E-state index in [1.54, 1.807) is 12.3 Å². The lowest BCUT2D eigenvalue weighted by molar-refractivity contribution is -0.118. The zero-order valence-corrected chi connectivity index (χ0v) is 24.2. The lowest BCUT2D eigenvalue weighted by Crippen LogP contribution is -2.48. The molecule has 4 bridgehead atoms. The largest absolute Gasteiger partial charge is 0.490 e. The van der Waals surface area contributed by atoms with E-state index in [0.717, 1.165) is 40.4 Å². The molecule has 1 heterocycles. The number of nitrogens with zero attached hydrogens (tertiary/aromatic N) is 3. The van der Waals surface area contributed by atoms with Gasteiger partial charge in [0.2, 0.25) is 5.95 Å². The van der Waals surface area contributed by atoms with Crippen LogP contribution < -0.4 is 20.2 Å². The van der Waals surface area contributed by atoms with Crippen LogP contribution in [0.25, 0.3) is 0 Å². The van der Waals surface area contributed by atoms with Crippen LogP contribution in [0.1, 0.15) is 68.0 Å². The summed E-state index contributed by atoms with van der Waals surface area (Å²) in [6.07, 6.45) is 9.99. The topological polar surface area (TPSA) is 97.7 Å². The molecule has 7 rings (SSSR count). The molecule has 8 nitrogen and oxygen atoms in total. The molecule has 0 atom stereocenters. The maximum absolute atomic E-state index is 12.7. The van der Waals surface area contributed by atoms with Crippen LogP contribution in [-0.4, -0.2) is 35.3 Å². The summed E-state index contributed by atoms with van der Waals surface area (Å²) in [5.74, 6) is 4.02. The smallest absolute Gasteiger partial charge is 0.262 e. The van der Waals surface area contributed by atoms with E-state index < -0.39 is 0 Å². The average molecular weight is 554 g/mol. The van der Waals surface area contributed by atoms with Crippen molar-refractivity contribution in [1.29, 1.82) is 0 Å². The van der Waals surface area contributed by atoms with Crippen LogP contribution in [0, 0.1) is 31.6 Å². The van der Waals surface area contributed by atoms with Gasteiger partial charge in [0.25, 0.3) is 5.91 Å². The normalized spacial score (nSPS) is 24.4. The Morgan fingerprint density at radius 2 is 1.59 bits per heavy atom. The Kier molecular flexibility index (Phi) is 7.65. The van der Waals surface area contributed by atoms with Gasteiger partial charge in [-0.25, -0.2) is 15.4 Å². The van der Waals surface area contributed by atoms with E-state index >= 15 is 0 Å². The van der Waals surface area contributed by atoms with Gasteiger partial charge in [-0.1, -0.05) is 12.1 Å². The Balaban J connectivity index is 1.04. The van der Waals surface area contributed by atoms with Crippen molar-refractivity contribution in [3.63, 3.8) is 0 Å². The molecule has 8 heteroatoms. The van der Waals surface area contributed by atoms with E-state index in [2.05, 4.69) is 37.9 Å². The number of carbonyl (C=O) groups is 1. The molecule has 0 spiro atoms. The maximum atomic E-state index is 12.7. The number of anilines is 2. The Morgan fingerprint density at radius 1 is 0.927 bits per heavy atom. The third-order valence-corrected chi connectivity index (χ3v) is 8.81. The van der Waals surface area contributed by atoms with Gasteiger partial charge in [-0.3, -0.25) is 4.79 Å². The van der Waals surface area contributed by atoms with E-state index in [4.69, 9.17) is 9.47 Å². The molecule has 1 aromatic heterocycles. The van der Waals surface area contributed by atoms with E-state index in [9.17, 15) is 4.79 Å². The van der Waals surface area contributed by atoms with Crippen molar-refractivity contribution < 1.29 is 14.3 Å². The first-order valence-corrected chi connectivity index (χ1v) is 14.8. The fourth-order valence-electron chi connectivity index (χ4n) is 7.64. The Labute approximate surface area is 242 Å². The van der Waals surface area contributed by atoms with E-state index in [-0.39, 0.29) is 12.5 Å². The zero-order chi connectivity index (χ0) is 28.4. The van der Waals surface area contributed by atoms with Gasteiger partial charge in [0.1, 0.15) is 0 Å². The first kappa shape index (κ1) is 27.2. The highest BCUT2D eigenvalue weighted by Crippen LogP contribution is 2.60. The van der Waals surface area contributed by atoms with Gasteiger partial charge in [0, 0.05) is 17.1 Å². The second-order valence-electron chi connectivity index (χ2n) is 12.1. The molecule has 214 valence electrons. The van der Waals surface area contributed by atoms with Crippen LogP contribution in [0.4, 0.5) is 11.6 Å². The number of nitrogens with one attached hydrogen (secondary N) is 2. The van der Waals surface area contributed by atoms with E-state index in [1.807, 2.05) is 51.1 Å². The molecule has 0 saturated heterocycles. The third kappa shape index (κ3) is 6.21. The molecule has 0 radical (unpaired) electrons. The fraction of sp³-hybridized carbons (Fsp3) is 0.455. The summed E-state index contributed by atoms with van der Waals surface area (Å²) in [5, 5.41) is 7.23. The van der Waals surface area contributed by atoms with Crippen LogP contribution in [-0.2, 0) is 10.2 Å². The molecule has 2 N–H and O–H groups in total. The highest BCUT2D eigenvalue weighted by atomic mass is 16.5. The van der Waals surface area contributed by atoms with Gasteiger partial charge in [-0.2, -0.15) is 5.10 Å². The zero-order valence-electron chi connectivity index (χ0n) is 24.2. The predicted molar refractivity (Wildman–Crippen MR) is 161 cm³/mol. The summed E-state index contributed by atoms with van der Waals surface area (Å²) in [7, 11) is 0. The Hall–Kier alpha value is -3.94. The summed E-state index contributed by atoms with van der Waals surface area (Å²) in [6.45, 7) is 6.08. The van der Waals surface area contributed by atoms with Crippen molar-refractivity contribution in [2.24, 2.45) is 22.9 Å². The predicted octanol–water partition coefficient (Wildman–Crippen LogP) is 6.42. The SMILES string of the molecule is CCOc1cc(/C=N/Nc2nc(C)cc(C)n2)ccc1OCC(=O)Nc1ccc(C23CC4CC(CC(C4)C2)C3)cc1. The summed E-state index contributed by atoms with van der Waals surface area (Å²) in [6, 6.07) is 15.9. The molecular weight excluding hydrogens is 514 g/mol. The summed E-state index contributed by atoms with van der Waals surface area (Å²) >= 11 is 0. The molecule has 4 saturated carbocycles. The number of benzene rings is 2. The molecule has 1 amide bonds. The monoisotopic (exact) mass is 553 g/mol. The van der Waals surface area contributed by atoms with Gasteiger partial charge in [0.05, 0.1) is 12.8 Å². The number of aryl methyl sites for hydroxylation is 2. The van der Waals surface area contributed by atoms with Crippen LogP contribution >= 0.6 is 0 Å². The van der Waals surface area contributed by atoms with Crippen molar-refractivity contribution in [2.75, 3.05) is 24.0 Å². The van der Waals surface area contributed by atoms with Crippen molar-refractivity contribution in [1.82, 2.24) is 9.97 Å². The third-order valence-electron chi connectivity index (χ3n) is 8.81. The van der Waals surface area contributed by atoms with Crippen molar-refractivity contribution in [3.05, 3.63) is 71.0 Å². The van der Waals surface area contributed by atoms with Gasteiger partial charge in [-0.05, 0) is 130 Å². The number of hydrogen-bond acceptors (Lipinski definition) is 7. The minimum absolute atomic E-state index is 0.115. The molecule has 0 aliphatic heterocycles. The number of hydrazone groups is 1. The maximum Gasteiger partial charge on any atom is 0.262 e. The minimum Gasteiger partial charge on any atom is -0.490 e. The second-order valence-corrected chi connectivity index (χ2v) is 12.1. The fourth-order valence-corrected chi connectivity index (χ4v) is 7.64. The number of amides is 1. The first-order chi connectivity index (χ1) is 19.9. The highest BCUT2D eigenvalue weighted by Gasteiger charge is 2.51. The van der Waals surface area contributed by atoms with Crippen molar-refractivity contribution in [2.45, 2.75) is 64.7 Å². The number of carbonyl (C=O) groups excluding carboxylic acids is 1. The summed E-state index contributed by atoms with van der Waals surface area (Å²) in [5.41, 5.74) is 8.01. The average Bonchev–Trinajstić information content (AvgIpc) is 2.92. The lowest BCUT2D eigenvalue weighted by atomic mass is 9.48. The van der Waals surface area contributed by atoms with Crippen LogP contribution in [0.2, 0.25) is 0 Å². The first-order valence-electron chi connectivity index (χ1n) is 14.8. The molecule has 2 aromatic carbocycles. The molecule has 41 heavy (non-hydrogen) atoms. The Morgan fingerprint density at radius 3 is 2.22 bits per heavy atom. The number of rotatable bonds is 10. The van der Waals surface area contributed by atoms with Crippen molar-refractivity contribution in [3.8, 4) is 11.5 Å². The summed E-state index contributed by atoms with van der Waals surface area (Å²) in [4.78, 5) is 21.4. The van der Waals surface area contributed by atoms with Gasteiger partial charge >= 0.3 is 0 Å². The van der Waals surface area contributed by atoms with E-state index in [0.29, 0.717) is 29.5 Å². The van der Waals surface area contributed by atoms with Crippen LogP contribution in [0.5, 0.6) is 11.5 Å². The van der Waals surface area contributed by atoms with Gasteiger partial charge < -0.3 is 14.8 Å². The standard InChI is InChI=1S/C33H39N5O3/c1-4-40-30-15-23(19-34-38-32-35-21(2)11-22(3)36-32)5-10-29(30)41-20-31(39)37-28-8-6-27(7-9-28)33-16-24-12-25(17-33)14-26(13-24)18-33/h5-11,15,19,24-26H,4,12-14,16-18,20H2,1-3H3,(H,37,39)(H,35,36,38)/b34-19+. The van der Waals surface area contributed by atoms with Crippen LogP contribution in [0.15, 0.2) is 53.6 Å². The van der Waals surface area contributed by atoms with Crippen LogP contribution in [0.3, 0.4) is 0 Å². The minimum atomic E-state index is -0.210.